The molecule has 0 atom stereocenters. The van der Waals surface area contributed by atoms with Crippen molar-refractivity contribution < 1.29 is 13.2 Å². The number of rotatable bonds is 4. The van der Waals surface area contributed by atoms with Gasteiger partial charge in [0.1, 0.15) is 0 Å². The predicted octanol–water partition coefficient (Wildman–Crippen LogP) is 3.85. The molecular formula is C20H23ClN2O3S. The number of nitrogens with zero attached hydrogens (tertiary/aromatic N) is 2. The SMILES string of the molecule is Cc1ccc(C(=O)N(C)Cc2cccc(Cl)c2)cc1N1CCCCS1(=O)=O. The van der Waals surface area contributed by atoms with Crippen LogP contribution >= 0.6 is 11.6 Å². The number of halogens is 1. The number of hydrogen-bond acceptors (Lipinski definition) is 3. The fourth-order valence-electron chi connectivity index (χ4n) is 3.27. The van der Waals surface area contributed by atoms with Crippen molar-refractivity contribution in [2.45, 2.75) is 26.3 Å². The maximum atomic E-state index is 12.9. The van der Waals surface area contributed by atoms with Crippen LogP contribution in [0.3, 0.4) is 0 Å². The number of benzene rings is 2. The summed E-state index contributed by atoms with van der Waals surface area (Å²) in [7, 11) is -1.60. The molecule has 0 unspecified atom stereocenters. The smallest absolute Gasteiger partial charge is 0.253 e. The lowest BCUT2D eigenvalue weighted by Crippen LogP contribution is -2.38. The molecule has 1 amide bonds. The lowest BCUT2D eigenvalue weighted by Gasteiger charge is -2.30. The van der Waals surface area contributed by atoms with Crippen molar-refractivity contribution >= 4 is 33.2 Å². The first-order valence-corrected chi connectivity index (χ1v) is 10.9. The van der Waals surface area contributed by atoms with Crippen molar-refractivity contribution in [2.24, 2.45) is 0 Å². The number of carbonyl (C=O) groups excluding carboxylic acids is 1. The van der Waals surface area contributed by atoms with Gasteiger partial charge in [-0.15, -0.1) is 0 Å². The third kappa shape index (κ3) is 4.45. The summed E-state index contributed by atoms with van der Waals surface area (Å²) in [5.41, 5.74) is 2.84. The largest absolute Gasteiger partial charge is 0.337 e. The van der Waals surface area contributed by atoms with Crippen LogP contribution in [-0.2, 0) is 16.6 Å². The highest BCUT2D eigenvalue weighted by Crippen LogP contribution is 2.28. The van der Waals surface area contributed by atoms with Gasteiger partial charge in [-0.1, -0.05) is 29.8 Å². The Hall–Kier alpha value is -2.05. The summed E-state index contributed by atoms with van der Waals surface area (Å²) in [4.78, 5) is 14.5. The lowest BCUT2D eigenvalue weighted by atomic mass is 10.1. The molecule has 1 heterocycles. The molecule has 1 saturated heterocycles. The van der Waals surface area contributed by atoms with Crippen LogP contribution in [-0.4, -0.2) is 38.6 Å². The van der Waals surface area contributed by atoms with Crippen molar-refractivity contribution in [2.75, 3.05) is 23.7 Å². The molecule has 0 aliphatic carbocycles. The Morgan fingerprint density at radius 3 is 2.67 bits per heavy atom. The van der Waals surface area contributed by atoms with Crippen molar-refractivity contribution in [3.05, 3.63) is 64.2 Å². The zero-order valence-corrected chi connectivity index (χ0v) is 17.1. The quantitative estimate of drug-likeness (QED) is 0.774. The third-order valence-corrected chi connectivity index (χ3v) is 6.82. The second-order valence-electron chi connectivity index (χ2n) is 6.89. The number of amides is 1. The molecule has 27 heavy (non-hydrogen) atoms. The summed E-state index contributed by atoms with van der Waals surface area (Å²) < 4.78 is 26.3. The van der Waals surface area contributed by atoms with Gasteiger partial charge in [0, 0.05) is 30.7 Å². The summed E-state index contributed by atoms with van der Waals surface area (Å²) in [6.45, 7) is 2.74. The second kappa shape index (κ2) is 7.90. The van der Waals surface area contributed by atoms with Crippen LogP contribution in [0, 0.1) is 6.92 Å². The highest BCUT2D eigenvalue weighted by atomic mass is 35.5. The molecule has 3 rings (SSSR count). The van der Waals surface area contributed by atoms with Gasteiger partial charge in [0.15, 0.2) is 0 Å². The van der Waals surface area contributed by atoms with E-state index in [4.69, 9.17) is 11.6 Å². The molecular weight excluding hydrogens is 384 g/mol. The zero-order chi connectivity index (χ0) is 19.6. The number of anilines is 1. The average Bonchev–Trinajstić information content (AvgIpc) is 2.61. The van der Waals surface area contributed by atoms with Crippen LogP contribution in [0.15, 0.2) is 42.5 Å². The first kappa shape index (κ1) is 19.7. The molecule has 0 spiro atoms. The van der Waals surface area contributed by atoms with Gasteiger partial charge in [-0.05, 0) is 55.2 Å². The summed E-state index contributed by atoms with van der Waals surface area (Å²) in [6, 6.07) is 12.6. The topological polar surface area (TPSA) is 57.7 Å². The monoisotopic (exact) mass is 406 g/mol. The first-order chi connectivity index (χ1) is 12.8. The predicted molar refractivity (Wildman–Crippen MR) is 109 cm³/mol. The number of aryl methyl sites for hydroxylation is 1. The van der Waals surface area contributed by atoms with Gasteiger partial charge in [-0.25, -0.2) is 8.42 Å². The van der Waals surface area contributed by atoms with Gasteiger partial charge in [0.25, 0.3) is 5.91 Å². The van der Waals surface area contributed by atoms with E-state index in [1.165, 1.54) is 4.31 Å². The van der Waals surface area contributed by atoms with E-state index < -0.39 is 10.0 Å². The van der Waals surface area contributed by atoms with Gasteiger partial charge in [0.2, 0.25) is 10.0 Å². The van der Waals surface area contributed by atoms with Crippen molar-refractivity contribution in [1.29, 1.82) is 0 Å². The molecule has 2 aromatic rings. The highest BCUT2D eigenvalue weighted by molar-refractivity contribution is 7.92. The fraction of sp³-hybridized carbons (Fsp3) is 0.350. The lowest BCUT2D eigenvalue weighted by molar-refractivity contribution is 0.0785. The Balaban J connectivity index is 1.85. The normalized spacial score (nSPS) is 16.2. The summed E-state index contributed by atoms with van der Waals surface area (Å²) >= 11 is 6.01. The van der Waals surface area contributed by atoms with E-state index >= 15 is 0 Å². The van der Waals surface area contributed by atoms with E-state index in [1.807, 2.05) is 25.1 Å². The van der Waals surface area contributed by atoms with E-state index in [2.05, 4.69) is 0 Å². The van der Waals surface area contributed by atoms with E-state index in [1.54, 1.807) is 36.2 Å². The van der Waals surface area contributed by atoms with Crippen LogP contribution in [0.2, 0.25) is 5.02 Å². The molecule has 0 radical (unpaired) electrons. The van der Waals surface area contributed by atoms with E-state index in [0.29, 0.717) is 35.8 Å². The molecule has 1 aliphatic rings. The summed E-state index contributed by atoms with van der Waals surface area (Å²) in [5.74, 6) is -0.00938. The molecule has 0 aromatic heterocycles. The summed E-state index contributed by atoms with van der Waals surface area (Å²) in [5, 5.41) is 0.626. The number of carbonyl (C=O) groups is 1. The van der Waals surface area contributed by atoms with Crippen LogP contribution < -0.4 is 4.31 Å². The Morgan fingerprint density at radius 2 is 1.96 bits per heavy atom. The van der Waals surface area contributed by atoms with E-state index in [-0.39, 0.29) is 11.7 Å². The Labute approximate surface area is 165 Å². The molecule has 2 aromatic carbocycles. The minimum Gasteiger partial charge on any atom is -0.337 e. The van der Waals surface area contributed by atoms with Gasteiger partial charge in [-0.3, -0.25) is 9.10 Å². The van der Waals surface area contributed by atoms with E-state index in [9.17, 15) is 13.2 Å². The van der Waals surface area contributed by atoms with Crippen LogP contribution in [0.5, 0.6) is 0 Å². The van der Waals surface area contributed by atoms with Crippen molar-refractivity contribution in [1.82, 2.24) is 4.90 Å². The van der Waals surface area contributed by atoms with E-state index in [0.717, 1.165) is 17.5 Å². The number of hydrogen-bond donors (Lipinski definition) is 0. The summed E-state index contributed by atoms with van der Waals surface area (Å²) in [6.07, 6.45) is 1.50. The standard InChI is InChI=1S/C20H23ClN2O3S/c1-15-8-9-17(13-19(15)23-10-3-4-11-27(23,25)26)20(24)22(2)14-16-6-5-7-18(21)12-16/h5-9,12-13H,3-4,10-11,14H2,1-2H3. The Bertz CT molecular complexity index is 959. The van der Waals surface area contributed by atoms with Crippen LogP contribution in [0.1, 0.15) is 34.3 Å². The Morgan fingerprint density at radius 1 is 1.19 bits per heavy atom. The molecule has 0 N–H and O–H groups in total. The minimum absolute atomic E-state index is 0.152. The average molecular weight is 407 g/mol. The minimum atomic E-state index is -3.32. The maximum absolute atomic E-state index is 12.9. The van der Waals surface area contributed by atoms with Crippen molar-refractivity contribution in [3.8, 4) is 0 Å². The molecule has 144 valence electrons. The molecule has 1 aliphatic heterocycles. The first-order valence-electron chi connectivity index (χ1n) is 8.89. The van der Waals surface area contributed by atoms with Gasteiger partial charge < -0.3 is 4.90 Å². The van der Waals surface area contributed by atoms with Crippen molar-refractivity contribution in [3.63, 3.8) is 0 Å². The second-order valence-corrected chi connectivity index (χ2v) is 9.34. The number of sulfonamides is 1. The van der Waals surface area contributed by atoms with Gasteiger partial charge in [-0.2, -0.15) is 0 Å². The van der Waals surface area contributed by atoms with Gasteiger partial charge in [0.05, 0.1) is 11.4 Å². The van der Waals surface area contributed by atoms with Crippen LogP contribution in [0.4, 0.5) is 5.69 Å². The highest BCUT2D eigenvalue weighted by Gasteiger charge is 2.28. The zero-order valence-electron chi connectivity index (χ0n) is 15.5. The third-order valence-electron chi connectivity index (χ3n) is 4.73. The molecule has 1 fully saturated rings. The Kier molecular flexibility index (Phi) is 5.77. The molecule has 7 heteroatoms. The fourth-order valence-corrected chi connectivity index (χ4v) is 5.18. The molecule has 0 bridgehead atoms. The van der Waals surface area contributed by atoms with Gasteiger partial charge >= 0.3 is 0 Å². The van der Waals surface area contributed by atoms with Crippen LogP contribution in [0.25, 0.3) is 0 Å². The maximum Gasteiger partial charge on any atom is 0.253 e. The molecule has 5 nitrogen and oxygen atoms in total. The molecule has 0 saturated carbocycles.